The molecule has 0 fully saturated rings. The number of nitrogens with zero attached hydrogens (tertiary/aromatic N) is 4. The molecular weight excluding hydrogens is 232 g/mol. The molecule has 0 atom stereocenters. The van der Waals surface area contributed by atoms with E-state index in [9.17, 15) is 4.79 Å². The second-order valence-electron chi connectivity index (χ2n) is 3.12. The quantitative estimate of drug-likeness (QED) is 0.745. The van der Waals surface area contributed by atoms with Crippen LogP contribution >= 0.6 is 11.6 Å². The predicted molar refractivity (Wildman–Crippen MR) is 56.3 cm³/mol. The van der Waals surface area contributed by atoms with Crippen LogP contribution in [0.15, 0.2) is 21.6 Å². The summed E-state index contributed by atoms with van der Waals surface area (Å²) in [6, 6.07) is 1.23. The molecule has 0 N–H and O–H groups in total. The number of hydrogen-bond donors (Lipinski definition) is 0. The molecule has 0 unspecified atom stereocenters. The van der Waals surface area contributed by atoms with Gasteiger partial charge in [0.05, 0.1) is 6.33 Å². The van der Waals surface area contributed by atoms with Gasteiger partial charge in [-0.2, -0.15) is 0 Å². The van der Waals surface area contributed by atoms with Crippen LogP contribution in [0.5, 0.6) is 0 Å². The summed E-state index contributed by atoms with van der Waals surface area (Å²) in [5.41, 5.74) is -0.253. The fourth-order valence-electron chi connectivity index (χ4n) is 1.16. The van der Waals surface area contributed by atoms with Gasteiger partial charge in [0.2, 0.25) is 11.8 Å². The molecule has 6 nitrogen and oxygen atoms in total. The van der Waals surface area contributed by atoms with E-state index in [-0.39, 0.29) is 17.3 Å². The van der Waals surface area contributed by atoms with E-state index in [0.717, 1.165) is 0 Å². The van der Waals surface area contributed by atoms with Crippen molar-refractivity contribution in [3.63, 3.8) is 0 Å². The molecule has 7 heteroatoms. The average molecular weight is 241 g/mol. The molecule has 0 spiro atoms. The molecule has 0 saturated carbocycles. The van der Waals surface area contributed by atoms with Gasteiger partial charge in [-0.1, -0.05) is 18.5 Å². The van der Waals surface area contributed by atoms with Crippen molar-refractivity contribution in [3.05, 3.63) is 39.7 Å². The number of rotatable bonds is 3. The molecule has 0 radical (unpaired) electrons. The normalized spacial score (nSPS) is 10.6. The van der Waals surface area contributed by atoms with Crippen LogP contribution in [0.2, 0.25) is 5.15 Å². The maximum absolute atomic E-state index is 11.5. The van der Waals surface area contributed by atoms with E-state index in [0.29, 0.717) is 18.2 Å². The Kier molecular flexibility index (Phi) is 3.00. The maximum atomic E-state index is 11.5. The molecular formula is C9H9ClN4O2. The van der Waals surface area contributed by atoms with Crippen molar-refractivity contribution in [1.29, 1.82) is 0 Å². The SMILES string of the molecule is CCc1nnc(Cn2cnc(Cl)cc2=O)o1. The highest BCUT2D eigenvalue weighted by Gasteiger charge is 2.06. The Morgan fingerprint density at radius 1 is 1.44 bits per heavy atom. The van der Waals surface area contributed by atoms with E-state index in [4.69, 9.17) is 16.0 Å². The fraction of sp³-hybridized carbons (Fsp3) is 0.333. The van der Waals surface area contributed by atoms with Crippen molar-refractivity contribution in [3.8, 4) is 0 Å². The summed E-state index contributed by atoms with van der Waals surface area (Å²) in [6.45, 7) is 2.11. The maximum Gasteiger partial charge on any atom is 0.255 e. The first kappa shape index (κ1) is 10.8. The van der Waals surface area contributed by atoms with Crippen molar-refractivity contribution in [2.45, 2.75) is 19.9 Å². The zero-order chi connectivity index (χ0) is 11.5. The largest absolute Gasteiger partial charge is 0.423 e. The van der Waals surface area contributed by atoms with Gasteiger partial charge >= 0.3 is 0 Å². The first-order chi connectivity index (χ1) is 7.69. The summed E-state index contributed by atoms with van der Waals surface area (Å²) >= 11 is 5.57. The molecule has 0 aliphatic rings. The van der Waals surface area contributed by atoms with Crippen molar-refractivity contribution in [2.75, 3.05) is 0 Å². The molecule has 0 aliphatic carbocycles. The van der Waals surface area contributed by atoms with Crippen molar-refractivity contribution < 1.29 is 4.42 Å². The van der Waals surface area contributed by atoms with E-state index in [1.165, 1.54) is 17.0 Å². The molecule has 0 aromatic carbocycles. The number of aromatic nitrogens is 4. The molecule has 0 bridgehead atoms. The third kappa shape index (κ3) is 2.27. The predicted octanol–water partition coefficient (Wildman–Crippen LogP) is 0.890. The molecule has 2 aromatic rings. The van der Waals surface area contributed by atoms with Gasteiger partial charge in [0.15, 0.2) is 0 Å². The zero-order valence-electron chi connectivity index (χ0n) is 8.55. The smallest absolute Gasteiger partial charge is 0.255 e. The lowest BCUT2D eigenvalue weighted by atomic mass is 10.5. The van der Waals surface area contributed by atoms with Gasteiger partial charge in [0.25, 0.3) is 5.56 Å². The van der Waals surface area contributed by atoms with Gasteiger partial charge in [-0.25, -0.2) is 4.98 Å². The minimum Gasteiger partial charge on any atom is -0.423 e. The van der Waals surface area contributed by atoms with Crippen LogP contribution in [0.3, 0.4) is 0 Å². The van der Waals surface area contributed by atoms with Crippen LogP contribution in [0.4, 0.5) is 0 Å². The second kappa shape index (κ2) is 4.44. The Morgan fingerprint density at radius 3 is 2.81 bits per heavy atom. The molecule has 2 heterocycles. The van der Waals surface area contributed by atoms with Gasteiger partial charge in [-0.15, -0.1) is 10.2 Å². The van der Waals surface area contributed by atoms with E-state index >= 15 is 0 Å². The lowest BCUT2D eigenvalue weighted by molar-refractivity contribution is 0.439. The molecule has 2 rings (SSSR count). The van der Waals surface area contributed by atoms with Crippen LogP contribution in [0, 0.1) is 0 Å². The number of halogens is 1. The van der Waals surface area contributed by atoms with Gasteiger partial charge in [0, 0.05) is 12.5 Å². The first-order valence-electron chi connectivity index (χ1n) is 4.72. The Balaban J connectivity index is 2.23. The zero-order valence-corrected chi connectivity index (χ0v) is 9.31. The third-order valence-corrected chi connectivity index (χ3v) is 2.17. The molecule has 16 heavy (non-hydrogen) atoms. The van der Waals surface area contributed by atoms with E-state index in [2.05, 4.69) is 15.2 Å². The topological polar surface area (TPSA) is 73.8 Å². The Hall–Kier alpha value is -1.69. The first-order valence-corrected chi connectivity index (χ1v) is 5.10. The lowest BCUT2D eigenvalue weighted by Gasteiger charge is -1.99. The molecule has 0 amide bonds. The van der Waals surface area contributed by atoms with E-state index in [1.807, 2.05) is 6.92 Å². The minimum absolute atomic E-state index is 0.168. The highest BCUT2D eigenvalue weighted by molar-refractivity contribution is 6.29. The van der Waals surface area contributed by atoms with E-state index in [1.54, 1.807) is 0 Å². The summed E-state index contributed by atoms with van der Waals surface area (Å²) in [7, 11) is 0. The third-order valence-electron chi connectivity index (χ3n) is 1.96. The van der Waals surface area contributed by atoms with Crippen LogP contribution in [-0.2, 0) is 13.0 Å². The van der Waals surface area contributed by atoms with Crippen molar-refractivity contribution in [2.24, 2.45) is 0 Å². The molecule has 2 aromatic heterocycles. The summed E-state index contributed by atoms with van der Waals surface area (Å²) in [5.74, 6) is 0.924. The van der Waals surface area contributed by atoms with Crippen LogP contribution in [0.25, 0.3) is 0 Å². The van der Waals surface area contributed by atoms with Crippen LogP contribution in [-0.4, -0.2) is 19.7 Å². The highest BCUT2D eigenvalue weighted by atomic mass is 35.5. The van der Waals surface area contributed by atoms with Crippen LogP contribution in [0.1, 0.15) is 18.7 Å². The van der Waals surface area contributed by atoms with Gasteiger partial charge in [-0.3, -0.25) is 9.36 Å². The minimum atomic E-state index is -0.253. The molecule has 84 valence electrons. The summed E-state index contributed by atoms with van der Waals surface area (Å²) < 4.78 is 6.63. The van der Waals surface area contributed by atoms with E-state index < -0.39 is 0 Å². The van der Waals surface area contributed by atoms with Gasteiger partial charge in [-0.05, 0) is 0 Å². The summed E-state index contributed by atoms with van der Waals surface area (Å²) in [6.07, 6.45) is 2.02. The molecule has 0 saturated heterocycles. The second-order valence-corrected chi connectivity index (χ2v) is 3.51. The standard InChI is InChI=1S/C9H9ClN4O2/c1-2-7-12-13-8(16-7)4-14-5-11-6(10)3-9(14)15/h3,5H,2,4H2,1H3. The average Bonchev–Trinajstić information content (AvgIpc) is 2.70. The van der Waals surface area contributed by atoms with Crippen molar-refractivity contribution in [1.82, 2.24) is 19.7 Å². The Morgan fingerprint density at radius 2 is 2.19 bits per heavy atom. The monoisotopic (exact) mass is 240 g/mol. The fourth-order valence-corrected chi connectivity index (χ4v) is 1.30. The van der Waals surface area contributed by atoms with Gasteiger partial charge < -0.3 is 4.42 Å². The Labute approximate surface area is 95.9 Å². The summed E-state index contributed by atoms with van der Waals surface area (Å²) in [4.78, 5) is 15.3. The number of hydrogen-bond acceptors (Lipinski definition) is 5. The lowest BCUT2D eigenvalue weighted by Crippen LogP contribution is -2.20. The summed E-state index contributed by atoms with van der Waals surface area (Å²) in [5, 5.41) is 7.78. The van der Waals surface area contributed by atoms with Crippen LogP contribution < -0.4 is 5.56 Å². The number of aryl methyl sites for hydroxylation is 1. The van der Waals surface area contributed by atoms with Gasteiger partial charge in [0.1, 0.15) is 11.7 Å². The Bertz CT molecular complexity index is 548. The molecule has 0 aliphatic heterocycles. The van der Waals surface area contributed by atoms with Crippen molar-refractivity contribution >= 4 is 11.6 Å². The highest BCUT2D eigenvalue weighted by Crippen LogP contribution is 2.02.